The third-order valence-electron chi connectivity index (χ3n) is 0.716. The van der Waals surface area contributed by atoms with Crippen molar-refractivity contribution in [2.45, 2.75) is 0 Å². The van der Waals surface area contributed by atoms with Gasteiger partial charge >= 0.3 is 0 Å². The highest BCUT2D eigenvalue weighted by molar-refractivity contribution is 5.33. The molecule has 0 atom stereocenters. The molecule has 0 aliphatic carbocycles. The van der Waals surface area contributed by atoms with Crippen LogP contribution in [0.25, 0.3) is 0 Å². The van der Waals surface area contributed by atoms with Gasteiger partial charge in [0, 0.05) is 7.11 Å². The minimum Gasteiger partial charge on any atom is -0.380 e. The van der Waals surface area contributed by atoms with Crippen molar-refractivity contribution in [3.8, 4) is 0 Å². The van der Waals surface area contributed by atoms with E-state index in [0.29, 0.717) is 13.2 Å². The molecule has 0 aromatic heterocycles. The van der Waals surface area contributed by atoms with E-state index in [1.165, 1.54) is 6.08 Å². The van der Waals surface area contributed by atoms with Crippen LogP contribution in [-0.2, 0) is 9.53 Å². The first kappa shape index (κ1) is 8.08. The zero-order chi connectivity index (χ0) is 7.11. The fourth-order valence-corrected chi connectivity index (χ4v) is 0.394. The Balaban J connectivity index is 3.38. The molecule has 0 spiro atoms. The number of methoxy groups -OCH3 is 1. The lowest BCUT2D eigenvalue weighted by atomic mass is 10.3. The summed E-state index contributed by atoms with van der Waals surface area (Å²) in [5.41, 5.74) is 0.779. The van der Waals surface area contributed by atoms with E-state index < -0.39 is 0 Å². The van der Waals surface area contributed by atoms with E-state index >= 15 is 0 Å². The predicted molar refractivity (Wildman–Crippen MR) is 34.0 cm³/mol. The van der Waals surface area contributed by atoms with Crippen LogP contribution in [0.1, 0.15) is 0 Å². The molecule has 3 nitrogen and oxygen atoms in total. The Bertz CT molecular complexity index is 136. The molecular formula is C6H9NO2. The molecule has 0 fully saturated rings. The minimum atomic E-state index is 0.317. The van der Waals surface area contributed by atoms with Crippen molar-refractivity contribution in [2.24, 2.45) is 4.99 Å². The number of isocyanates is 1. The molecule has 0 rings (SSSR count). The molecule has 0 unspecified atom stereocenters. The van der Waals surface area contributed by atoms with Crippen molar-refractivity contribution in [2.75, 3.05) is 20.3 Å². The lowest BCUT2D eigenvalue weighted by Crippen LogP contribution is -1.95. The molecule has 0 radical (unpaired) electrons. The molecule has 0 N–H and O–H groups in total. The van der Waals surface area contributed by atoms with Crippen LogP contribution in [0.5, 0.6) is 0 Å². The summed E-state index contributed by atoms with van der Waals surface area (Å²) in [6.45, 7) is 4.35. The molecule has 0 saturated carbocycles. The number of hydrogen-bond acceptors (Lipinski definition) is 3. The van der Waals surface area contributed by atoms with Crippen LogP contribution in [0.15, 0.2) is 17.1 Å². The van der Waals surface area contributed by atoms with E-state index in [9.17, 15) is 4.79 Å². The summed E-state index contributed by atoms with van der Waals surface area (Å²) in [6.07, 6.45) is 1.42. The highest BCUT2D eigenvalue weighted by Crippen LogP contribution is 1.88. The maximum absolute atomic E-state index is 9.54. The molecule has 0 aliphatic heterocycles. The van der Waals surface area contributed by atoms with Crippen LogP contribution in [-0.4, -0.2) is 26.3 Å². The Morgan fingerprint density at radius 2 is 2.56 bits per heavy atom. The monoisotopic (exact) mass is 127 g/mol. The van der Waals surface area contributed by atoms with Gasteiger partial charge in [-0.1, -0.05) is 6.58 Å². The molecular weight excluding hydrogens is 118 g/mol. The van der Waals surface area contributed by atoms with Crippen LogP contribution < -0.4 is 0 Å². The van der Waals surface area contributed by atoms with E-state index in [1.54, 1.807) is 7.11 Å². The van der Waals surface area contributed by atoms with Gasteiger partial charge in [0.05, 0.1) is 13.2 Å². The van der Waals surface area contributed by atoms with Gasteiger partial charge in [0.1, 0.15) is 0 Å². The molecule has 0 aromatic carbocycles. The lowest BCUT2D eigenvalue weighted by molar-refractivity contribution is 0.225. The van der Waals surface area contributed by atoms with Gasteiger partial charge in [-0.15, -0.1) is 0 Å². The number of ether oxygens (including phenoxy) is 1. The van der Waals surface area contributed by atoms with Crippen molar-refractivity contribution in [3.63, 3.8) is 0 Å². The van der Waals surface area contributed by atoms with E-state index in [1.807, 2.05) is 0 Å². The van der Waals surface area contributed by atoms with Gasteiger partial charge in [-0.2, -0.15) is 0 Å². The standard InChI is InChI=1S/C6H9NO2/c1-6(4-9-2)3-7-5-8/h1,3-4H2,2H3. The molecule has 0 saturated heterocycles. The number of rotatable bonds is 4. The second-order valence-electron chi connectivity index (χ2n) is 1.59. The van der Waals surface area contributed by atoms with E-state index in [4.69, 9.17) is 4.74 Å². The topological polar surface area (TPSA) is 38.7 Å². The number of nitrogens with zero attached hydrogens (tertiary/aromatic N) is 1. The summed E-state index contributed by atoms with van der Waals surface area (Å²) in [6, 6.07) is 0. The van der Waals surface area contributed by atoms with Gasteiger partial charge < -0.3 is 4.74 Å². The maximum Gasteiger partial charge on any atom is 0.235 e. The Kier molecular flexibility index (Phi) is 4.69. The summed E-state index contributed by atoms with van der Waals surface area (Å²) in [4.78, 5) is 12.8. The fourth-order valence-electron chi connectivity index (χ4n) is 0.394. The number of carbonyl (C=O) groups excluding carboxylic acids is 1. The predicted octanol–water partition coefficient (Wildman–Crippen LogP) is 0.525. The van der Waals surface area contributed by atoms with E-state index in [-0.39, 0.29) is 0 Å². The van der Waals surface area contributed by atoms with Gasteiger partial charge in [-0.25, -0.2) is 9.79 Å². The summed E-state index contributed by atoms with van der Waals surface area (Å²) in [7, 11) is 1.57. The lowest BCUT2D eigenvalue weighted by Gasteiger charge is -1.95. The molecule has 9 heavy (non-hydrogen) atoms. The van der Waals surface area contributed by atoms with Crippen LogP contribution in [0.4, 0.5) is 0 Å². The van der Waals surface area contributed by atoms with E-state index in [0.717, 1.165) is 5.57 Å². The van der Waals surface area contributed by atoms with Crippen molar-refractivity contribution < 1.29 is 9.53 Å². The molecule has 0 heterocycles. The molecule has 0 bridgehead atoms. The van der Waals surface area contributed by atoms with Crippen molar-refractivity contribution in [1.29, 1.82) is 0 Å². The quantitative estimate of drug-likeness (QED) is 0.314. The first-order valence-corrected chi connectivity index (χ1v) is 2.50. The van der Waals surface area contributed by atoms with Crippen molar-refractivity contribution >= 4 is 6.08 Å². The highest BCUT2D eigenvalue weighted by Gasteiger charge is 1.87. The van der Waals surface area contributed by atoms with Crippen LogP contribution >= 0.6 is 0 Å². The SMILES string of the molecule is C=C(CN=C=O)COC. The Morgan fingerprint density at radius 1 is 1.89 bits per heavy atom. The fraction of sp³-hybridized carbons (Fsp3) is 0.500. The third kappa shape index (κ3) is 4.94. The number of hydrogen-bond donors (Lipinski definition) is 0. The van der Waals surface area contributed by atoms with Crippen LogP contribution in [0.2, 0.25) is 0 Å². The Labute approximate surface area is 54.0 Å². The first-order chi connectivity index (χ1) is 4.31. The highest BCUT2D eigenvalue weighted by atomic mass is 16.5. The normalized spacial score (nSPS) is 8.11. The second kappa shape index (κ2) is 5.22. The van der Waals surface area contributed by atoms with Gasteiger partial charge in [-0.05, 0) is 5.57 Å². The van der Waals surface area contributed by atoms with E-state index in [2.05, 4.69) is 11.6 Å². The molecule has 0 aliphatic rings. The average molecular weight is 127 g/mol. The van der Waals surface area contributed by atoms with Gasteiger partial charge in [0.15, 0.2) is 0 Å². The maximum atomic E-state index is 9.54. The molecule has 0 amide bonds. The molecule has 3 heteroatoms. The van der Waals surface area contributed by atoms with Gasteiger partial charge in [0.2, 0.25) is 6.08 Å². The van der Waals surface area contributed by atoms with Crippen molar-refractivity contribution in [1.82, 2.24) is 0 Å². The number of aliphatic imine (C=N–C) groups is 1. The molecule has 50 valence electrons. The van der Waals surface area contributed by atoms with Crippen molar-refractivity contribution in [3.05, 3.63) is 12.2 Å². The van der Waals surface area contributed by atoms with Gasteiger partial charge in [-0.3, -0.25) is 0 Å². The smallest absolute Gasteiger partial charge is 0.235 e. The van der Waals surface area contributed by atoms with Gasteiger partial charge in [0.25, 0.3) is 0 Å². The zero-order valence-corrected chi connectivity index (χ0v) is 5.39. The first-order valence-electron chi connectivity index (χ1n) is 2.50. The summed E-state index contributed by atoms with van der Waals surface area (Å²) in [5.74, 6) is 0. The Hall–Kier alpha value is -0.920. The average Bonchev–Trinajstić information content (AvgIpc) is 1.85. The van der Waals surface area contributed by atoms with Crippen LogP contribution in [0.3, 0.4) is 0 Å². The minimum absolute atomic E-state index is 0.317. The van der Waals surface area contributed by atoms with Crippen LogP contribution in [0, 0.1) is 0 Å². The summed E-state index contributed by atoms with van der Waals surface area (Å²) < 4.78 is 4.71. The second-order valence-corrected chi connectivity index (χ2v) is 1.59. The largest absolute Gasteiger partial charge is 0.380 e. The third-order valence-corrected chi connectivity index (χ3v) is 0.716. The zero-order valence-electron chi connectivity index (χ0n) is 5.39. The summed E-state index contributed by atoms with van der Waals surface area (Å²) >= 11 is 0. The summed E-state index contributed by atoms with van der Waals surface area (Å²) in [5, 5.41) is 0. The molecule has 0 aromatic rings. The Morgan fingerprint density at radius 3 is 3.00 bits per heavy atom.